The van der Waals surface area contributed by atoms with Crippen LogP contribution in [0.1, 0.15) is 50.4 Å². The summed E-state index contributed by atoms with van der Waals surface area (Å²) in [6.07, 6.45) is 1.24. The number of benzene rings is 3. The normalized spacial score (nSPS) is 20.8. The first-order valence-corrected chi connectivity index (χ1v) is 19.2. The van der Waals surface area contributed by atoms with Crippen molar-refractivity contribution >= 4 is 43.2 Å². The number of ether oxygens (including phenoxy) is 2. The number of amides is 1. The predicted molar refractivity (Wildman–Crippen MR) is 185 cm³/mol. The third kappa shape index (κ3) is 9.48. The zero-order chi connectivity index (χ0) is 35.1. The van der Waals surface area contributed by atoms with Crippen LogP contribution in [-0.2, 0) is 24.8 Å². The van der Waals surface area contributed by atoms with Gasteiger partial charge in [0.1, 0.15) is 5.75 Å². The highest BCUT2D eigenvalue weighted by Gasteiger charge is 2.32. The van der Waals surface area contributed by atoms with Crippen LogP contribution in [0.25, 0.3) is 0 Å². The van der Waals surface area contributed by atoms with Gasteiger partial charge >= 0.3 is 0 Å². The van der Waals surface area contributed by atoms with E-state index in [1.807, 2.05) is 13.8 Å². The number of sulfonamides is 2. The summed E-state index contributed by atoms with van der Waals surface area (Å²) in [6.45, 7) is 5.61. The second-order valence-corrected chi connectivity index (χ2v) is 16.3. The number of carbonyl (C=O) groups excluding carboxylic acids is 1. The zero-order valence-electron chi connectivity index (χ0n) is 27.6. The quantitative estimate of drug-likeness (QED) is 0.305. The smallest absolute Gasteiger partial charge is 0.261 e. The largest absolute Gasteiger partial charge is 0.490 e. The van der Waals surface area contributed by atoms with Crippen LogP contribution in [0.3, 0.4) is 0 Å². The molecule has 11 nitrogen and oxygen atoms in total. The molecule has 0 unspecified atom stereocenters. The van der Waals surface area contributed by atoms with Crippen LogP contribution in [0.5, 0.6) is 5.75 Å². The summed E-state index contributed by atoms with van der Waals surface area (Å²) in [5.74, 6) is -0.572. The van der Waals surface area contributed by atoms with Crippen molar-refractivity contribution in [2.45, 2.75) is 68.1 Å². The Morgan fingerprint density at radius 1 is 1.00 bits per heavy atom. The molecule has 0 saturated heterocycles. The lowest BCUT2D eigenvalue weighted by Gasteiger charge is -2.35. The van der Waals surface area contributed by atoms with Gasteiger partial charge in [0.25, 0.3) is 15.9 Å². The molecule has 1 aliphatic rings. The molecule has 48 heavy (non-hydrogen) atoms. The van der Waals surface area contributed by atoms with Crippen molar-refractivity contribution in [1.82, 2.24) is 9.21 Å². The first-order chi connectivity index (χ1) is 22.7. The molecule has 0 fully saturated rings. The van der Waals surface area contributed by atoms with Crippen LogP contribution in [0.2, 0.25) is 5.02 Å². The summed E-state index contributed by atoms with van der Waals surface area (Å²) in [5.41, 5.74) is 0.294. The number of nitrogens with zero attached hydrogens (tertiary/aromatic N) is 2. The van der Waals surface area contributed by atoms with E-state index in [1.165, 1.54) is 58.7 Å². The Hall–Kier alpha value is -3.20. The van der Waals surface area contributed by atoms with Gasteiger partial charge in [0.2, 0.25) is 10.0 Å². The molecular weight excluding hydrogens is 678 g/mol. The lowest BCUT2D eigenvalue weighted by molar-refractivity contribution is -0.00833. The third-order valence-electron chi connectivity index (χ3n) is 8.32. The van der Waals surface area contributed by atoms with Crippen molar-refractivity contribution in [3.8, 4) is 5.75 Å². The summed E-state index contributed by atoms with van der Waals surface area (Å²) in [7, 11) is -6.33. The van der Waals surface area contributed by atoms with Gasteiger partial charge in [-0.1, -0.05) is 36.7 Å². The number of carbonyl (C=O) groups is 1. The van der Waals surface area contributed by atoms with Crippen LogP contribution in [-0.4, -0.2) is 88.7 Å². The number of aliphatic hydroxyl groups is 1. The summed E-state index contributed by atoms with van der Waals surface area (Å²) >= 11 is 5.97. The van der Waals surface area contributed by atoms with E-state index < -0.39 is 38.1 Å². The van der Waals surface area contributed by atoms with Gasteiger partial charge in [0.05, 0.1) is 40.2 Å². The molecule has 0 aromatic heterocycles. The average molecular weight is 722 g/mol. The van der Waals surface area contributed by atoms with Gasteiger partial charge in [-0.05, 0) is 87.7 Å². The molecule has 4 rings (SSSR count). The zero-order valence-corrected chi connectivity index (χ0v) is 30.0. The lowest BCUT2D eigenvalue weighted by atomic mass is 10.0. The van der Waals surface area contributed by atoms with Gasteiger partial charge in [-0.15, -0.1) is 0 Å². The maximum Gasteiger partial charge on any atom is 0.261 e. The standard InChI is InChI=1S/C34H44ClN3O8S2/c1-24-21-38(25(2)23-39)34(40)31-20-28(36-47(41,42)29-11-6-5-7-12-29)15-18-32(31)46-26(3)10-8-9-19-45-33(24)22-37(4)48(43,44)30-16-13-27(35)14-17-30/h5-7,11-18,20,24-26,33,36,39H,8-10,19,21-23H2,1-4H3/t24-,25+,26-,33+/m0/s1. The van der Waals surface area contributed by atoms with E-state index in [0.717, 1.165) is 6.42 Å². The van der Waals surface area contributed by atoms with Crippen molar-refractivity contribution in [3.63, 3.8) is 0 Å². The number of rotatable bonds is 9. The van der Waals surface area contributed by atoms with E-state index >= 15 is 0 Å². The molecule has 3 aromatic carbocycles. The Bertz CT molecular complexity index is 1740. The Labute approximate surface area is 288 Å². The maximum absolute atomic E-state index is 14.3. The number of anilines is 1. The minimum Gasteiger partial charge on any atom is -0.490 e. The average Bonchev–Trinajstić information content (AvgIpc) is 3.06. The van der Waals surface area contributed by atoms with E-state index in [9.17, 15) is 26.7 Å². The van der Waals surface area contributed by atoms with Crippen molar-refractivity contribution < 1.29 is 36.2 Å². The summed E-state index contributed by atoms with van der Waals surface area (Å²) < 4.78 is 69.3. The molecule has 0 aliphatic carbocycles. The molecule has 3 aromatic rings. The topological polar surface area (TPSA) is 143 Å². The first kappa shape index (κ1) is 37.6. The number of fused-ring (bicyclic) bond motifs is 1. The summed E-state index contributed by atoms with van der Waals surface area (Å²) in [4.78, 5) is 16.0. The highest BCUT2D eigenvalue weighted by molar-refractivity contribution is 7.92. The number of aliphatic hydroxyl groups excluding tert-OH is 1. The predicted octanol–water partition coefficient (Wildman–Crippen LogP) is 5.26. The molecule has 0 bridgehead atoms. The molecule has 1 heterocycles. The van der Waals surface area contributed by atoms with Crippen molar-refractivity contribution in [3.05, 3.63) is 83.4 Å². The van der Waals surface area contributed by atoms with E-state index in [2.05, 4.69) is 4.72 Å². The summed E-state index contributed by atoms with van der Waals surface area (Å²) in [5, 5.41) is 10.6. The van der Waals surface area contributed by atoms with Crippen LogP contribution < -0.4 is 9.46 Å². The fourth-order valence-electron chi connectivity index (χ4n) is 5.40. The Morgan fingerprint density at radius 3 is 2.35 bits per heavy atom. The van der Waals surface area contributed by atoms with E-state index in [0.29, 0.717) is 24.5 Å². The second-order valence-electron chi connectivity index (χ2n) is 12.2. The van der Waals surface area contributed by atoms with E-state index in [4.69, 9.17) is 21.1 Å². The molecule has 0 radical (unpaired) electrons. The number of hydrogen-bond donors (Lipinski definition) is 2. The highest BCUT2D eigenvalue weighted by atomic mass is 35.5. The fraction of sp³-hybridized carbons (Fsp3) is 0.441. The molecule has 4 atom stereocenters. The van der Waals surface area contributed by atoms with Crippen LogP contribution >= 0.6 is 11.6 Å². The Morgan fingerprint density at radius 2 is 1.69 bits per heavy atom. The Balaban J connectivity index is 1.67. The van der Waals surface area contributed by atoms with Crippen LogP contribution in [0.15, 0.2) is 82.6 Å². The van der Waals surface area contributed by atoms with Gasteiger partial charge in [-0.3, -0.25) is 9.52 Å². The van der Waals surface area contributed by atoms with Crippen LogP contribution in [0.4, 0.5) is 5.69 Å². The molecule has 2 N–H and O–H groups in total. The minimum atomic E-state index is -3.95. The second kappa shape index (κ2) is 16.5. The molecule has 0 spiro atoms. The molecule has 0 saturated carbocycles. The van der Waals surface area contributed by atoms with Gasteiger partial charge in [-0.25, -0.2) is 16.8 Å². The maximum atomic E-state index is 14.3. The van der Waals surface area contributed by atoms with Gasteiger partial charge in [0.15, 0.2) is 0 Å². The molecular formula is C34H44ClN3O8S2. The SMILES string of the molecule is C[C@H](CO)N1C[C@H](C)[C@@H](CN(C)S(=O)(=O)c2ccc(Cl)cc2)OCCCC[C@H](C)Oc2ccc(NS(=O)(=O)c3ccccc3)cc2C1=O. The third-order valence-corrected chi connectivity index (χ3v) is 11.8. The lowest BCUT2D eigenvalue weighted by Crippen LogP contribution is -2.48. The fourth-order valence-corrected chi connectivity index (χ4v) is 7.78. The number of likely N-dealkylation sites (N-methyl/N-ethyl adjacent to an activating group) is 1. The number of nitrogens with one attached hydrogen (secondary N) is 1. The van der Waals surface area contributed by atoms with Gasteiger partial charge < -0.3 is 19.5 Å². The van der Waals surface area contributed by atoms with Crippen molar-refractivity contribution in [2.75, 3.05) is 38.1 Å². The van der Waals surface area contributed by atoms with Gasteiger partial charge in [-0.2, -0.15) is 4.31 Å². The van der Waals surface area contributed by atoms with Crippen molar-refractivity contribution in [2.24, 2.45) is 5.92 Å². The Kier molecular flexibility index (Phi) is 12.9. The highest BCUT2D eigenvalue weighted by Crippen LogP contribution is 2.30. The summed E-state index contributed by atoms with van der Waals surface area (Å²) in [6, 6.07) is 17.8. The number of halogens is 1. The van der Waals surface area contributed by atoms with Crippen LogP contribution in [0, 0.1) is 5.92 Å². The van der Waals surface area contributed by atoms with E-state index in [1.54, 1.807) is 37.3 Å². The molecule has 1 aliphatic heterocycles. The molecule has 14 heteroatoms. The van der Waals surface area contributed by atoms with Crippen molar-refractivity contribution in [1.29, 1.82) is 0 Å². The first-order valence-electron chi connectivity index (χ1n) is 15.9. The minimum absolute atomic E-state index is 0.0170. The van der Waals surface area contributed by atoms with E-state index in [-0.39, 0.29) is 58.5 Å². The number of hydrogen-bond acceptors (Lipinski definition) is 8. The molecule has 262 valence electrons. The van der Waals surface area contributed by atoms with Gasteiger partial charge in [0, 0.05) is 43.4 Å². The monoisotopic (exact) mass is 721 g/mol. The molecule has 1 amide bonds.